The van der Waals surface area contributed by atoms with Crippen LogP contribution in [0.3, 0.4) is 0 Å². The standard InChI is InChI=1S/C48H95N2O7P/c1-3-5-7-9-11-13-15-17-19-20-21-22-23-24-26-28-30-32-34-36-38-40-47(52)46(44-57-58(54,55)56-42-41-49)50-48(53)43-45(51)39-37-35-33-31-29-27-25-18-16-14-12-10-8-6-4-2/h18,25,38,40,45-47,51-52H,3-17,19-24,26-37,39,41-44,49H2,1-2H3,(H,50,53)(H,54,55)/b25-18-,40-38+. The van der Waals surface area contributed by atoms with Crippen molar-refractivity contribution in [2.24, 2.45) is 5.73 Å². The summed E-state index contributed by atoms with van der Waals surface area (Å²) in [6.45, 7) is 3.99. The van der Waals surface area contributed by atoms with Crippen LogP contribution in [0.4, 0.5) is 0 Å². The van der Waals surface area contributed by atoms with Crippen LogP contribution in [0.2, 0.25) is 0 Å². The Morgan fingerprint density at radius 2 is 0.966 bits per heavy atom. The molecule has 10 heteroatoms. The lowest BCUT2D eigenvalue weighted by molar-refractivity contribution is -0.124. The molecule has 4 atom stereocenters. The average Bonchev–Trinajstić information content (AvgIpc) is 3.20. The number of allylic oxidation sites excluding steroid dienone is 3. The molecule has 0 radical (unpaired) electrons. The van der Waals surface area contributed by atoms with E-state index in [1.54, 1.807) is 6.08 Å². The van der Waals surface area contributed by atoms with E-state index in [-0.39, 0.29) is 19.6 Å². The van der Waals surface area contributed by atoms with Gasteiger partial charge in [-0.15, -0.1) is 0 Å². The quantitative estimate of drug-likeness (QED) is 0.0231. The Hall–Kier alpha value is -1.06. The van der Waals surface area contributed by atoms with Gasteiger partial charge >= 0.3 is 7.82 Å². The van der Waals surface area contributed by atoms with Crippen molar-refractivity contribution in [2.45, 2.75) is 257 Å². The normalized spacial score (nSPS) is 14.7. The van der Waals surface area contributed by atoms with Crippen LogP contribution < -0.4 is 11.1 Å². The Bertz CT molecular complexity index is 982. The number of aliphatic hydroxyl groups is 2. The average molecular weight is 843 g/mol. The van der Waals surface area contributed by atoms with E-state index in [2.05, 4.69) is 31.3 Å². The van der Waals surface area contributed by atoms with E-state index >= 15 is 0 Å². The highest BCUT2D eigenvalue weighted by Gasteiger charge is 2.27. The van der Waals surface area contributed by atoms with E-state index < -0.39 is 38.6 Å². The maximum atomic E-state index is 12.8. The fourth-order valence-corrected chi connectivity index (χ4v) is 8.11. The number of hydrogen-bond donors (Lipinski definition) is 5. The number of nitrogens with two attached hydrogens (primary N) is 1. The first-order valence-corrected chi connectivity index (χ1v) is 26.0. The number of phosphoric acid groups is 1. The lowest BCUT2D eigenvalue weighted by Gasteiger charge is -2.24. The minimum absolute atomic E-state index is 0.0491. The van der Waals surface area contributed by atoms with Crippen LogP contribution in [0.15, 0.2) is 24.3 Å². The molecule has 0 rings (SSSR count). The van der Waals surface area contributed by atoms with Crippen LogP contribution in [-0.4, -0.2) is 59.0 Å². The molecule has 0 aliphatic carbocycles. The fraction of sp³-hybridized carbons (Fsp3) is 0.896. The molecule has 0 aromatic carbocycles. The summed E-state index contributed by atoms with van der Waals surface area (Å²) in [5, 5.41) is 24.1. The molecule has 0 saturated carbocycles. The summed E-state index contributed by atoms with van der Waals surface area (Å²) in [4.78, 5) is 22.8. The second-order valence-corrected chi connectivity index (χ2v) is 18.3. The maximum Gasteiger partial charge on any atom is 0.472 e. The van der Waals surface area contributed by atoms with Crippen molar-refractivity contribution in [3.63, 3.8) is 0 Å². The molecule has 344 valence electrons. The summed E-state index contributed by atoms with van der Waals surface area (Å²) in [5.74, 6) is -0.448. The number of nitrogens with one attached hydrogen (secondary N) is 1. The van der Waals surface area contributed by atoms with E-state index in [1.165, 1.54) is 161 Å². The zero-order valence-corrected chi connectivity index (χ0v) is 38.8. The number of carbonyl (C=O) groups excluding carboxylic acids is 1. The number of hydrogen-bond acceptors (Lipinski definition) is 7. The third-order valence-corrected chi connectivity index (χ3v) is 12.1. The molecule has 4 unspecified atom stereocenters. The summed E-state index contributed by atoms with van der Waals surface area (Å²) in [6, 6.07) is -0.983. The van der Waals surface area contributed by atoms with Gasteiger partial charge < -0.3 is 26.2 Å². The lowest BCUT2D eigenvalue weighted by atomic mass is 10.0. The third-order valence-electron chi connectivity index (χ3n) is 11.1. The fourth-order valence-electron chi connectivity index (χ4n) is 7.35. The zero-order chi connectivity index (χ0) is 42.6. The van der Waals surface area contributed by atoms with E-state index in [1.807, 2.05) is 6.08 Å². The first-order valence-electron chi connectivity index (χ1n) is 24.5. The van der Waals surface area contributed by atoms with Gasteiger partial charge in [-0.25, -0.2) is 4.57 Å². The van der Waals surface area contributed by atoms with Crippen LogP contribution in [0.25, 0.3) is 0 Å². The smallest absolute Gasteiger partial charge is 0.393 e. The molecule has 6 N–H and O–H groups in total. The van der Waals surface area contributed by atoms with Gasteiger partial charge in [-0.3, -0.25) is 13.8 Å². The number of phosphoric ester groups is 1. The van der Waals surface area contributed by atoms with Gasteiger partial charge in [0.2, 0.25) is 5.91 Å². The van der Waals surface area contributed by atoms with Crippen molar-refractivity contribution in [2.75, 3.05) is 19.8 Å². The second kappa shape index (κ2) is 44.0. The van der Waals surface area contributed by atoms with Crippen molar-refractivity contribution in [3.05, 3.63) is 24.3 Å². The number of carbonyl (C=O) groups is 1. The Labute approximate surface area is 358 Å². The Morgan fingerprint density at radius 1 is 0.586 bits per heavy atom. The molecule has 58 heavy (non-hydrogen) atoms. The summed E-state index contributed by atoms with van der Waals surface area (Å²) < 4.78 is 22.1. The molecule has 0 aromatic rings. The highest BCUT2D eigenvalue weighted by atomic mass is 31.2. The molecule has 0 aliphatic rings. The first kappa shape index (κ1) is 56.9. The van der Waals surface area contributed by atoms with Crippen molar-refractivity contribution < 1.29 is 33.5 Å². The Morgan fingerprint density at radius 3 is 1.38 bits per heavy atom. The maximum absolute atomic E-state index is 12.8. The molecule has 1 amide bonds. The van der Waals surface area contributed by atoms with Crippen molar-refractivity contribution >= 4 is 13.7 Å². The van der Waals surface area contributed by atoms with Gasteiger partial charge in [0, 0.05) is 6.54 Å². The molecule has 0 bridgehead atoms. The predicted octanol–water partition coefficient (Wildman–Crippen LogP) is 13.1. The van der Waals surface area contributed by atoms with Crippen LogP contribution in [-0.2, 0) is 18.4 Å². The van der Waals surface area contributed by atoms with Crippen molar-refractivity contribution in [1.29, 1.82) is 0 Å². The minimum atomic E-state index is -4.40. The van der Waals surface area contributed by atoms with E-state index in [9.17, 15) is 24.5 Å². The molecular formula is C48H95N2O7P. The summed E-state index contributed by atoms with van der Waals surface area (Å²) in [5.41, 5.74) is 5.38. The number of unbranched alkanes of at least 4 members (excludes halogenated alkanes) is 30. The van der Waals surface area contributed by atoms with Crippen LogP contribution in [0.1, 0.15) is 239 Å². The number of rotatable bonds is 46. The third kappa shape index (κ3) is 41.7. The zero-order valence-electron chi connectivity index (χ0n) is 37.9. The van der Waals surface area contributed by atoms with Crippen LogP contribution >= 0.6 is 7.82 Å². The van der Waals surface area contributed by atoms with Gasteiger partial charge in [0.25, 0.3) is 0 Å². The highest BCUT2D eigenvalue weighted by Crippen LogP contribution is 2.43. The topological polar surface area (TPSA) is 151 Å². The van der Waals surface area contributed by atoms with E-state index in [0.29, 0.717) is 6.42 Å². The Balaban J connectivity index is 4.23. The number of aliphatic hydroxyl groups excluding tert-OH is 2. The molecule has 9 nitrogen and oxygen atoms in total. The number of amides is 1. The summed E-state index contributed by atoms with van der Waals surface area (Å²) >= 11 is 0. The molecule has 0 heterocycles. The van der Waals surface area contributed by atoms with Crippen LogP contribution in [0.5, 0.6) is 0 Å². The van der Waals surface area contributed by atoms with E-state index in [0.717, 1.165) is 51.4 Å². The van der Waals surface area contributed by atoms with Crippen LogP contribution in [0, 0.1) is 0 Å². The Kier molecular flexibility index (Phi) is 43.2. The molecule has 0 aliphatic heterocycles. The SMILES string of the molecule is CCCCCCCC/C=C\CCCCCCCC(O)CC(=O)NC(COP(=O)(O)OCCN)C(O)/C=C/CCCCCCCCCCCCCCCCCCCCC. The molecule has 0 aromatic heterocycles. The molecular weight excluding hydrogens is 748 g/mol. The summed E-state index contributed by atoms with van der Waals surface area (Å²) in [6.07, 6.45) is 48.4. The molecule has 0 fully saturated rings. The minimum Gasteiger partial charge on any atom is -0.393 e. The monoisotopic (exact) mass is 843 g/mol. The van der Waals surface area contributed by atoms with Crippen molar-refractivity contribution in [3.8, 4) is 0 Å². The lowest BCUT2D eigenvalue weighted by Crippen LogP contribution is -2.46. The molecule has 0 spiro atoms. The highest BCUT2D eigenvalue weighted by molar-refractivity contribution is 7.47. The van der Waals surface area contributed by atoms with E-state index in [4.69, 9.17) is 14.8 Å². The van der Waals surface area contributed by atoms with Gasteiger partial charge in [-0.2, -0.15) is 0 Å². The predicted molar refractivity (Wildman–Crippen MR) is 246 cm³/mol. The largest absolute Gasteiger partial charge is 0.472 e. The van der Waals surface area contributed by atoms with Gasteiger partial charge in [-0.1, -0.05) is 212 Å². The summed E-state index contributed by atoms with van der Waals surface area (Å²) in [7, 11) is -4.40. The first-order chi connectivity index (χ1) is 28.3. The second-order valence-electron chi connectivity index (χ2n) is 16.9. The van der Waals surface area contributed by atoms with Gasteiger partial charge in [0.05, 0.1) is 37.9 Å². The van der Waals surface area contributed by atoms with Gasteiger partial charge in [0.1, 0.15) is 0 Å². The van der Waals surface area contributed by atoms with Crippen molar-refractivity contribution in [1.82, 2.24) is 5.32 Å². The van der Waals surface area contributed by atoms with Gasteiger partial charge in [0.15, 0.2) is 0 Å². The van der Waals surface area contributed by atoms with Gasteiger partial charge in [-0.05, 0) is 44.9 Å². The molecule has 0 saturated heterocycles.